The number of nitrogens with zero attached hydrogens (tertiary/aromatic N) is 5. The number of alkyl halides is 2. The van der Waals surface area contributed by atoms with Crippen molar-refractivity contribution in [2.45, 2.75) is 6.55 Å². The van der Waals surface area contributed by atoms with Crippen molar-refractivity contribution in [3.63, 3.8) is 0 Å². The van der Waals surface area contributed by atoms with Crippen LogP contribution >= 0.6 is 11.6 Å². The first-order chi connectivity index (χ1) is 13.1. The minimum atomic E-state index is -2.72. The third-order valence-electron chi connectivity index (χ3n) is 3.60. The van der Waals surface area contributed by atoms with Gasteiger partial charge in [0.1, 0.15) is 22.9 Å². The molecule has 27 heavy (non-hydrogen) atoms. The van der Waals surface area contributed by atoms with E-state index >= 15 is 0 Å². The second-order valence-corrected chi connectivity index (χ2v) is 5.78. The predicted octanol–water partition coefficient (Wildman–Crippen LogP) is 4.81. The average Bonchev–Trinajstić information content (AvgIpc) is 3.13. The molecule has 4 rings (SSSR count). The lowest BCUT2D eigenvalue weighted by Crippen LogP contribution is -2.01. The molecule has 0 bridgehead atoms. The molecule has 0 aliphatic heterocycles. The van der Waals surface area contributed by atoms with Gasteiger partial charge in [0.2, 0.25) is 5.88 Å². The lowest BCUT2D eigenvalue weighted by molar-refractivity contribution is 0.0569. The maximum Gasteiger partial charge on any atom is 0.333 e. The summed E-state index contributed by atoms with van der Waals surface area (Å²) in [6.07, 6.45) is 4.11. The van der Waals surface area contributed by atoms with Crippen LogP contribution in [0.1, 0.15) is 6.55 Å². The van der Waals surface area contributed by atoms with Crippen LogP contribution in [0.25, 0.3) is 10.9 Å². The number of aromatic nitrogens is 5. The molecule has 7 nitrogen and oxygen atoms in total. The summed E-state index contributed by atoms with van der Waals surface area (Å²) < 4.78 is 31.6. The molecule has 4 aromatic rings. The van der Waals surface area contributed by atoms with E-state index in [9.17, 15) is 8.78 Å². The Morgan fingerprint density at radius 3 is 2.78 bits per heavy atom. The summed E-state index contributed by atoms with van der Waals surface area (Å²) in [5, 5.41) is 7.65. The second-order valence-electron chi connectivity index (χ2n) is 5.38. The van der Waals surface area contributed by atoms with Crippen molar-refractivity contribution in [3.05, 3.63) is 60.1 Å². The van der Waals surface area contributed by atoms with Crippen LogP contribution in [0.3, 0.4) is 0 Å². The molecule has 0 radical (unpaired) electrons. The largest absolute Gasteiger partial charge is 0.438 e. The maximum absolute atomic E-state index is 12.7. The first-order valence-electron chi connectivity index (χ1n) is 7.73. The van der Waals surface area contributed by atoms with E-state index in [1.165, 1.54) is 18.6 Å². The maximum atomic E-state index is 12.7. The fraction of sp³-hybridized carbons (Fsp3) is 0.0588. The van der Waals surface area contributed by atoms with Gasteiger partial charge in [-0.2, -0.15) is 13.9 Å². The van der Waals surface area contributed by atoms with Gasteiger partial charge >= 0.3 is 6.55 Å². The summed E-state index contributed by atoms with van der Waals surface area (Å²) in [5.41, 5.74) is 0.639. The zero-order valence-corrected chi connectivity index (χ0v) is 14.3. The highest BCUT2D eigenvalue weighted by molar-refractivity contribution is 6.31. The van der Waals surface area contributed by atoms with E-state index in [1.54, 1.807) is 36.5 Å². The summed E-state index contributed by atoms with van der Waals surface area (Å²) in [6, 6.07) is 9.95. The molecule has 0 spiro atoms. The van der Waals surface area contributed by atoms with Crippen LogP contribution in [0, 0.1) is 0 Å². The van der Waals surface area contributed by atoms with E-state index in [1.807, 2.05) is 0 Å². The molecule has 0 amide bonds. The van der Waals surface area contributed by atoms with Crippen LogP contribution in [0.2, 0.25) is 5.02 Å². The van der Waals surface area contributed by atoms with Gasteiger partial charge in [0.25, 0.3) is 0 Å². The number of halogens is 3. The average molecular weight is 389 g/mol. The van der Waals surface area contributed by atoms with Crippen molar-refractivity contribution in [2.75, 3.05) is 5.32 Å². The van der Waals surface area contributed by atoms with E-state index in [4.69, 9.17) is 16.3 Å². The standard InChI is InChI=1S/C17H11ClF2N6O/c18-12-2-1-6-21-16(12)27-10-3-4-13-11(8-10)15(23-9-22-13)24-14-5-7-26(25-14)17(19)20/h1-9,17H,(H,22,23,24,25). The number of rotatable bonds is 5. The Hall–Kier alpha value is -3.33. The minimum absolute atomic E-state index is 0.231. The van der Waals surface area contributed by atoms with Gasteiger partial charge in [-0.25, -0.2) is 19.6 Å². The third kappa shape index (κ3) is 3.63. The van der Waals surface area contributed by atoms with Gasteiger partial charge in [0.05, 0.1) is 5.52 Å². The van der Waals surface area contributed by atoms with Crippen molar-refractivity contribution in [3.8, 4) is 11.6 Å². The van der Waals surface area contributed by atoms with Gasteiger partial charge < -0.3 is 10.1 Å². The molecule has 136 valence electrons. The van der Waals surface area contributed by atoms with Crippen LogP contribution in [0.5, 0.6) is 11.6 Å². The lowest BCUT2D eigenvalue weighted by atomic mass is 10.2. The van der Waals surface area contributed by atoms with Crippen molar-refractivity contribution in [1.82, 2.24) is 24.7 Å². The predicted molar refractivity (Wildman–Crippen MR) is 95.6 cm³/mol. The van der Waals surface area contributed by atoms with Crippen LogP contribution in [-0.2, 0) is 0 Å². The van der Waals surface area contributed by atoms with E-state index < -0.39 is 6.55 Å². The molecule has 0 fully saturated rings. The van der Waals surface area contributed by atoms with Crippen molar-refractivity contribution in [2.24, 2.45) is 0 Å². The summed E-state index contributed by atoms with van der Waals surface area (Å²) >= 11 is 6.06. The lowest BCUT2D eigenvalue weighted by Gasteiger charge is -2.09. The highest BCUT2D eigenvalue weighted by atomic mass is 35.5. The van der Waals surface area contributed by atoms with Crippen LogP contribution in [-0.4, -0.2) is 24.7 Å². The summed E-state index contributed by atoms with van der Waals surface area (Å²) in [4.78, 5) is 12.4. The summed E-state index contributed by atoms with van der Waals surface area (Å²) in [7, 11) is 0. The number of anilines is 2. The monoisotopic (exact) mass is 388 g/mol. The van der Waals surface area contributed by atoms with Gasteiger partial charge in [-0.1, -0.05) is 11.6 Å². The van der Waals surface area contributed by atoms with Crippen LogP contribution in [0.15, 0.2) is 55.1 Å². The third-order valence-corrected chi connectivity index (χ3v) is 3.89. The highest BCUT2D eigenvalue weighted by Crippen LogP contribution is 2.31. The molecule has 0 aliphatic carbocycles. The number of fused-ring (bicyclic) bond motifs is 1. The zero-order chi connectivity index (χ0) is 18.8. The van der Waals surface area contributed by atoms with Crippen LogP contribution < -0.4 is 10.1 Å². The Labute approximate surface area is 156 Å². The smallest absolute Gasteiger partial charge is 0.333 e. The minimum Gasteiger partial charge on any atom is -0.438 e. The van der Waals surface area contributed by atoms with E-state index in [0.717, 1.165) is 0 Å². The topological polar surface area (TPSA) is 77.8 Å². The van der Waals surface area contributed by atoms with Gasteiger partial charge in [-0.3, -0.25) is 0 Å². The summed E-state index contributed by atoms with van der Waals surface area (Å²) in [5.74, 6) is 1.37. The Kier molecular flexibility index (Phi) is 4.51. The van der Waals surface area contributed by atoms with Gasteiger partial charge in [-0.05, 0) is 30.3 Å². The molecular formula is C17H11ClF2N6O. The first-order valence-corrected chi connectivity index (χ1v) is 8.11. The van der Waals surface area contributed by atoms with E-state index in [-0.39, 0.29) is 11.7 Å². The Balaban J connectivity index is 1.67. The number of pyridine rings is 1. The van der Waals surface area contributed by atoms with Gasteiger partial charge in [0, 0.05) is 23.8 Å². The molecule has 0 unspecified atom stereocenters. The molecule has 10 heteroatoms. The fourth-order valence-electron chi connectivity index (χ4n) is 2.39. The second kappa shape index (κ2) is 7.12. The SMILES string of the molecule is FC(F)n1ccc(Nc2ncnc3ccc(Oc4ncccc4Cl)cc23)n1. The van der Waals surface area contributed by atoms with Crippen molar-refractivity contribution >= 4 is 34.1 Å². The van der Waals surface area contributed by atoms with Crippen molar-refractivity contribution in [1.29, 1.82) is 0 Å². The Morgan fingerprint density at radius 2 is 2.00 bits per heavy atom. The first kappa shape index (κ1) is 17.1. The highest BCUT2D eigenvalue weighted by Gasteiger charge is 2.11. The molecule has 3 aromatic heterocycles. The molecule has 1 aromatic carbocycles. The Morgan fingerprint density at radius 1 is 1.11 bits per heavy atom. The summed E-state index contributed by atoms with van der Waals surface area (Å²) in [6.45, 7) is -2.72. The molecular weight excluding hydrogens is 378 g/mol. The molecule has 0 aliphatic rings. The number of hydrogen-bond donors (Lipinski definition) is 1. The molecule has 0 saturated heterocycles. The number of benzene rings is 1. The van der Waals surface area contributed by atoms with Gasteiger partial charge in [0.15, 0.2) is 5.82 Å². The zero-order valence-electron chi connectivity index (χ0n) is 13.6. The fourth-order valence-corrected chi connectivity index (χ4v) is 2.55. The molecule has 3 heterocycles. The number of nitrogens with one attached hydrogen (secondary N) is 1. The van der Waals surface area contributed by atoms with Gasteiger partial charge in [-0.15, -0.1) is 0 Å². The molecule has 0 saturated carbocycles. The number of ether oxygens (including phenoxy) is 1. The number of hydrogen-bond acceptors (Lipinski definition) is 6. The molecule has 1 N–H and O–H groups in total. The van der Waals surface area contributed by atoms with E-state index in [0.29, 0.717) is 32.2 Å². The van der Waals surface area contributed by atoms with Crippen LogP contribution in [0.4, 0.5) is 20.4 Å². The van der Waals surface area contributed by atoms with Crippen molar-refractivity contribution < 1.29 is 13.5 Å². The quantitative estimate of drug-likeness (QED) is 0.529. The van der Waals surface area contributed by atoms with E-state index in [2.05, 4.69) is 25.4 Å². The molecule has 0 atom stereocenters. The normalized spacial score (nSPS) is 11.1. The Bertz CT molecular complexity index is 1100.